The fourth-order valence-corrected chi connectivity index (χ4v) is 1.49. The summed E-state index contributed by atoms with van der Waals surface area (Å²) in [6.07, 6.45) is 4.42. The molecule has 0 amide bonds. The Hall–Kier alpha value is -2.34. The van der Waals surface area contributed by atoms with E-state index in [1.54, 1.807) is 24.3 Å². The molecule has 2 rings (SSSR count). The molecule has 0 saturated heterocycles. The van der Waals surface area contributed by atoms with Gasteiger partial charge >= 0.3 is 0 Å². The predicted octanol–water partition coefficient (Wildman–Crippen LogP) is 3.52. The van der Waals surface area contributed by atoms with Crippen LogP contribution in [0.2, 0.25) is 0 Å². The number of rotatable bonds is 3. The van der Waals surface area contributed by atoms with Crippen molar-refractivity contribution in [3.05, 3.63) is 65.7 Å². The summed E-state index contributed by atoms with van der Waals surface area (Å²) in [4.78, 5) is 0. The summed E-state index contributed by atoms with van der Waals surface area (Å²) in [5, 5.41) is 0. The summed E-state index contributed by atoms with van der Waals surface area (Å²) in [5.74, 6) is 1.46. The molecule has 0 aliphatic heterocycles. The van der Waals surface area contributed by atoms with Crippen LogP contribution in [-0.2, 0) is 0 Å². The van der Waals surface area contributed by atoms with E-state index in [1.165, 1.54) is 6.07 Å². The quantitative estimate of drug-likeness (QED) is 0.749. The highest BCUT2D eigenvalue weighted by Crippen LogP contribution is 2.23. The number of ether oxygens (including phenoxy) is 1. The second-order valence-corrected chi connectivity index (χ2v) is 3.57. The molecule has 0 heterocycles. The lowest BCUT2D eigenvalue weighted by Crippen LogP contribution is -2.07. The number of hydrogen-bond donors (Lipinski definition) is 0. The first-order valence-electron chi connectivity index (χ1n) is 5.24. The molecule has 1 nitrogen and oxygen atoms in total. The molecule has 0 bridgehead atoms. The minimum atomic E-state index is -0.895. The van der Waals surface area contributed by atoms with Crippen LogP contribution in [0.3, 0.4) is 0 Å². The first-order valence-corrected chi connectivity index (χ1v) is 5.24. The van der Waals surface area contributed by atoms with Crippen LogP contribution in [0.4, 0.5) is 8.78 Å². The van der Waals surface area contributed by atoms with Crippen molar-refractivity contribution in [2.75, 3.05) is 0 Å². The van der Waals surface area contributed by atoms with Crippen molar-refractivity contribution in [1.29, 1.82) is 0 Å². The van der Waals surface area contributed by atoms with Crippen molar-refractivity contribution in [2.45, 2.75) is 6.10 Å². The van der Waals surface area contributed by atoms with E-state index < -0.39 is 17.7 Å². The first kappa shape index (κ1) is 12.1. The van der Waals surface area contributed by atoms with Gasteiger partial charge in [0.15, 0.2) is 6.10 Å². The third-order valence-corrected chi connectivity index (χ3v) is 2.34. The van der Waals surface area contributed by atoms with Gasteiger partial charge in [0.05, 0.1) is 0 Å². The molecular weight excluding hydrogens is 234 g/mol. The summed E-state index contributed by atoms with van der Waals surface area (Å²) < 4.78 is 31.8. The topological polar surface area (TPSA) is 9.23 Å². The smallest absolute Gasteiger partial charge is 0.186 e. The van der Waals surface area contributed by atoms with Crippen LogP contribution < -0.4 is 4.74 Å². The van der Waals surface area contributed by atoms with Crippen LogP contribution >= 0.6 is 0 Å². The van der Waals surface area contributed by atoms with E-state index in [0.717, 1.165) is 12.1 Å². The van der Waals surface area contributed by atoms with E-state index in [0.29, 0.717) is 5.75 Å². The van der Waals surface area contributed by atoms with Crippen LogP contribution in [0.15, 0.2) is 42.5 Å². The van der Waals surface area contributed by atoms with Crippen LogP contribution in [0.5, 0.6) is 5.75 Å². The van der Waals surface area contributed by atoms with Gasteiger partial charge in [0.25, 0.3) is 0 Å². The Labute approximate surface area is 104 Å². The zero-order valence-corrected chi connectivity index (χ0v) is 9.36. The maximum atomic E-state index is 13.6. The van der Waals surface area contributed by atoms with E-state index in [2.05, 4.69) is 12.0 Å². The maximum Gasteiger partial charge on any atom is 0.186 e. The first-order chi connectivity index (χ1) is 8.70. The van der Waals surface area contributed by atoms with Gasteiger partial charge in [-0.1, -0.05) is 18.1 Å². The molecule has 3 heteroatoms. The Morgan fingerprint density at radius 1 is 1.17 bits per heavy atom. The average Bonchev–Trinajstić information content (AvgIpc) is 2.38. The van der Waals surface area contributed by atoms with Gasteiger partial charge in [-0.3, -0.25) is 0 Å². The lowest BCUT2D eigenvalue weighted by Gasteiger charge is -2.14. The lowest BCUT2D eigenvalue weighted by atomic mass is 10.1. The molecule has 1 unspecified atom stereocenters. The molecule has 0 fully saturated rings. The second-order valence-electron chi connectivity index (χ2n) is 3.57. The van der Waals surface area contributed by atoms with Crippen LogP contribution in [0.1, 0.15) is 11.7 Å². The van der Waals surface area contributed by atoms with E-state index in [4.69, 9.17) is 11.2 Å². The Kier molecular flexibility index (Phi) is 3.59. The molecule has 2 aromatic rings. The van der Waals surface area contributed by atoms with Gasteiger partial charge in [0, 0.05) is 11.6 Å². The standard InChI is InChI=1S/C15H9F2O/c1-2-15(18-12-6-4-3-5-7-12)13-9-8-11(16)10-14(13)17/h1,4-10,15H. The minimum Gasteiger partial charge on any atom is -0.473 e. The highest BCUT2D eigenvalue weighted by Gasteiger charge is 2.15. The molecule has 1 radical (unpaired) electrons. The number of hydrogen-bond acceptors (Lipinski definition) is 1. The number of benzene rings is 2. The summed E-state index contributed by atoms with van der Waals surface area (Å²) >= 11 is 0. The monoisotopic (exact) mass is 243 g/mol. The molecule has 2 aromatic carbocycles. The molecule has 0 aliphatic carbocycles. The molecular formula is C15H9F2O. The maximum absolute atomic E-state index is 13.6. The largest absolute Gasteiger partial charge is 0.473 e. The molecule has 18 heavy (non-hydrogen) atoms. The third-order valence-electron chi connectivity index (χ3n) is 2.34. The van der Waals surface area contributed by atoms with E-state index in [9.17, 15) is 8.78 Å². The van der Waals surface area contributed by atoms with Gasteiger partial charge < -0.3 is 4.74 Å². The second kappa shape index (κ2) is 5.33. The molecule has 0 aromatic heterocycles. The zero-order valence-electron chi connectivity index (χ0n) is 9.36. The molecule has 0 spiro atoms. The van der Waals surface area contributed by atoms with E-state index in [-0.39, 0.29) is 5.56 Å². The minimum absolute atomic E-state index is 0.131. The Morgan fingerprint density at radius 3 is 2.50 bits per heavy atom. The molecule has 0 aliphatic rings. The molecule has 89 valence electrons. The lowest BCUT2D eigenvalue weighted by molar-refractivity contribution is 0.259. The van der Waals surface area contributed by atoms with Gasteiger partial charge in [-0.05, 0) is 30.3 Å². The van der Waals surface area contributed by atoms with Crippen molar-refractivity contribution in [3.63, 3.8) is 0 Å². The Morgan fingerprint density at radius 2 is 1.89 bits per heavy atom. The van der Waals surface area contributed by atoms with Gasteiger partial charge in [0.2, 0.25) is 0 Å². The molecule has 0 saturated carbocycles. The normalized spacial score (nSPS) is 11.6. The van der Waals surface area contributed by atoms with Gasteiger partial charge in [-0.25, -0.2) is 8.78 Å². The van der Waals surface area contributed by atoms with Crippen molar-refractivity contribution < 1.29 is 13.5 Å². The number of halogens is 2. The zero-order chi connectivity index (χ0) is 13.0. The predicted molar refractivity (Wildman–Crippen MR) is 63.8 cm³/mol. The summed E-state index contributed by atoms with van der Waals surface area (Å²) in [6, 6.07) is 12.7. The summed E-state index contributed by atoms with van der Waals surface area (Å²) in [6.45, 7) is 0. The van der Waals surface area contributed by atoms with Gasteiger partial charge in [-0.15, -0.1) is 6.42 Å². The number of terminal acetylenes is 1. The van der Waals surface area contributed by atoms with Gasteiger partial charge in [0.1, 0.15) is 17.4 Å². The highest BCUT2D eigenvalue weighted by atomic mass is 19.1. The fourth-order valence-electron chi connectivity index (χ4n) is 1.49. The van der Waals surface area contributed by atoms with Crippen LogP contribution in [0, 0.1) is 30.0 Å². The van der Waals surface area contributed by atoms with E-state index in [1.807, 2.05) is 0 Å². The summed E-state index contributed by atoms with van der Waals surface area (Å²) in [5.41, 5.74) is 0.131. The van der Waals surface area contributed by atoms with Crippen molar-refractivity contribution >= 4 is 0 Å². The SMILES string of the molecule is C#CC(Oc1cc[c]cc1)c1ccc(F)cc1F. The average molecular weight is 243 g/mol. The Balaban J connectivity index is 2.27. The van der Waals surface area contributed by atoms with E-state index >= 15 is 0 Å². The van der Waals surface area contributed by atoms with Gasteiger partial charge in [-0.2, -0.15) is 0 Å². The van der Waals surface area contributed by atoms with Crippen molar-refractivity contribution in [1.82, 2.24) is 0 Å². The van der Waals surface area contributed by atoms with Crippen LogP contribution in [-0.4, -0.2) is 0 Å². The Bertz CT molecular complexity index is 573. The molecule has 1 atom stereocenters. The van der Waals surface area contributed by atoms with Crippen LogP contribution in [0.25, 0.3) is 0 Å². The third kappa shape index (κ3) is 2.67. The van der Waals surface area contributed by atoms with Crippen molar-refractivity contribution in [2.24, 2.45) is 0 Å². The van der Waals surface area contributed by atoms with Crippen molar-refractivity contribution in [3.8, 4) is 18.1 Å². The molecule has 0 N–H and O–H groups in total. The fraction of sp³-hybridized carbons (Fsp3) is 0.0667. The highest BCUT2D eigenvalue weighted by molar-refractivity contribution is 5.29. The summed E-state index contributed by atoms with van der Waals surface area (Å²) in [7, 11) is 0.